The van der Waals surface area contributed by atoms with Crippen LogP contribution in [0.1, 0.15) is 17.8 Å². The Balaban J connectivity index is 1.57. The quantitative estimate of drug-likeness (QED) is 0.126. The van der Waals surface area contributed by atoms with E-state index in [1.165, 1.54) is 0 Å². The van der Waals surface area contributed by atoms with Gasteiger partial charge in [0.2, 0.25) is 0 Å². The second-order valence-electron chi connectivity index (χ2n) is 6.85. The lowest BCUT2D eigenvalue weighted by Gasteiger charge is -2.22. The summed E-state index contributed by atoms with van der Waals surface area (Å²) in [6.07, 6.45) is 4.21. The third-order valence-electron chi connectivity index (χ3n) is 4.49. The van der Waals surface area contributed by atoms with E-state index < -0.39 is 0 Å². The molecule has 10 nitrogen and oxygen atoms in total. The molecule has 0 fully saturated rings. The fourth-order valence-corrected chi connectivity index (χ4v) is 5.02. The molecular formula is C20H32BrN9OS2. The van der Waals surface area contributed by atoms with Crippen molar-refractivity contribution in [3.63, 3.8) is 0 Å². The standard InChI is InChI=1S/C20H32BrN9OS2/c1-31-17-4-2-5-25-15(17)12-33-11-9-30(19(22)23)8-3-6-26-20(24)27-7-10-32-13-16-18(21)29-14-28-16/h2,4-5,14H,3,6-13H2,1H3,(H3,22,23)(H,28,29)(H3,24,26,27). The van der Waals surface area contributed by atoms with Crippen molar-refractivity contribution in [2.75, 3.05) is 44.8 Å². The number of rotatable bonds is 15. The maximum absolute atomic E-state index is 7.81. The molecule has 0 aliphatic carbocycles. The van der Waals surface area contributed by atoms with E-state index >= 15 is 0 Å². The zero-order chi connectivity index (χ0) is 23.9. The average Bonchev–Trinajstić information content (AvgIpc) is 3.22. The number of halogens is 1. The summed E-state index contributed by atoms with van der Waals surface area (Å²) < 4.78 is 6.19. The number of hydrogen-bond donors (Lipinski definition) is 5. The lowest BCUT2D eigenvalue weighted by molar-refractivity contribution is 0.408. The highest BCUT2D eigenvalue weighted by atomic mass is 79.9. The molecule has 2 aromatic heterocycles. The van der Waals surface area contributed by atoms with Gasteiger partial charge in [0.25, 0.3) is 0 Å². The summed E-state index contributed by atoms with van der Waals surface area (Å²) in [7, 11) is 1.65. The minimum atomic E-state index is 0.0713. The fraction of sp³-hybridized carbons (Fsp3) is 0.500. The van der Waals surface area contributed by atoms with Crippen LogP contribution >= 0.6 is 39.5 Å². The molecule has 33 heavy (non-hydrogen) atoms. The Bertz CT molecular complexity index is 881. The Kier molecular flexibility index (Phi) is 12.9. The highest BCUT2D eigenvalue weighted by Gasteiger charge is 2.08. The van der Waals surface area contributed by atoms with Gasteiger partial charge in [-0.15, -0.1) is 0 Å². The van der Waals surface area contributed by atoms with Crippen molar-refractivity contribution < 1.29 is 4.74 Å². The summed E-state index contributed by atoms with van der Waals surface area (Å²) in [5, 5.41) is 10.9. The van der Waals surface area contributed by atoms with Crippen LogP contribution in [0.3, 0.4) is 0 Å². The molecule has 0 spiro atoms. The smallest absolute Gasteiger partial charge is 0.188 e. The third kappa shape index (κ3) is 10.6. The van der Waals surface area contributed by atoms with Crippen molar-refractivity contribution in [1.82, 2.24) is 25.2 Å². The van der Waals surface area contributed by atoms with E-state index in [9.17, 15) is 0 Å². The highest BCUT2D eigenvalue weighted by Crippen LogP contribution is 2.20. The zero-order valence-electron chi connectivity index (χ0n) is 18.7. The number of methoxy groups -OCH3 is 1. The van der Waals surface area contributed by atoms with Gasteiger partial charge in [0.1, 0.15) is 10.4 Å². The van der Waals surface area contributed by atoms with Gasteiger partial charge in [-0.25, -0.2) is 4.98 Å². The largest absolute Gasteiger partial charge is 0.495 e. The van der Waals surface area contributed by atoms with Gasteiger partial charge in [0.05, 0.1) is 24.8 Å². The van der Waals surface area contributed by atoms with Crippen molar-refractivity contribution >= 4 is 51.4 Å². The first-order valence-corrected chi connectivity index (χ1v) is 13.5. The number of aromatic amines is 1. The second kappa shape index (κ2) is 15.7. The first kappa shape index (κ1) is 27.1. The zero-order valence-corrected chi connectivity index (χ0v) is 21.9. The number of pyridine rings is 1. The van der Waals surface area contributed by atoms with Crippen LogP contribution in [0, 0.1) is 5.41 Å². The molecule has 0 aromatic carbocycles. The van der Waals surface area contributed by atoms with Gasteiger partial charge in [0, 0.05) is 55.4 Å². The van der Waals surface area contributed by atoms with Gasteiger partial charge in [-0.1, -0.05) is 0 Å². The number of ether oxygens (including phenoxy) is 1. The Hall–Kier alpha value is -2.12. The summed E-state index contributed by atoms with van der Waals surface area (Å²) in [5.74, 6) is 4.64. The summed E-state index contributed by atoms with van der Waals surface area (Å²) in [5.41, 5.74) is 13.7. The topological polar surface area (TPSA) is 154 Å². The van der Waals surface area contributed by atoms with Gasteiger partial charge in [-0.2, -0.15) is 23.5 Å². The molecule has 0 unspecified atom stereocenters. The Morgan fingerprint density at radius 2 is 2.09 bits per heavy atom. The van der Waals surface area contributed by atoms with Gasteiger partial charge < -0.3 is 31.4 Å². The van der Waals surface area contributed by atoms with Crippen LogP contribution in [0.4, 0.5) is 0 Å². The van der Waals surface area contributed by atoms with Gasteiger partial charge in [0.15, 0.2) is 11.9 Å². The minimum Gasteiger partial charge on any atom is -0.495 e. The number of aliphatic imine (C=N–C) groups is 1. The number of imidazole rings is 1. The number of nitrogens with zero attached hydrogens (tertiary/aromatic N) is 4. The minimum absolute atomic E-state index is 0.0713. The van der Waals surface area contributed by atoms with E-state index in [4.69, 9.17) is 21.6 Å². The van der Waals surface area contributed by atoms with E-state index in [0.717, 1.165) is 57.7 Å². The first-order valence-electron chi connectivity index (χ1n) is 10.4. The molecule has 0 radical (unpaired) electrons. The SMILES string of the molecule is COc1cccnc1CSCCN(CCCN=C(N)NCCSCc1[nH]cnc1Br)C(=N)N. The van der Waals surface area contributed by atoms with E-state index in [2.05, 4.69) is 41.2 Å². The van der Waals surface area contributed by atoms with E-state index in [-0.39, 0.29) is 5.96 Å². The number of nitrogens with one attached hydrogen (secondary N) is 3. The van der Waals surface area contributed by atoms with Crippen LogP contribution in [0.5, 0.6) is 5.75 Å². The molecule has 0 amide bonds. The van der Waals surface area contributed by atoms with Crippen LogP contribution in [0.15, 0.2) is 34.3 Å². The molecular weight excluding hydrogens is 526 g/mol. The van der Waals surface area contributed by atoms with Crippen LogP contribution in [-0.2, 0) is 11.5 Å². The van der Waals surface area contributed by atoms with Crippen LogP contribution in [-0.4, -0.2) is 76.6 Å². The number of guanidine groups is 2. The number of hydrogen-bond acceptors (Lipinski definition) is 7. The van der Waals surface area contributed by atoms with Gasteiger partial charge in [-0.3, -0.25) is 15.4 Å². The predicted octanol–water partition coefficient (Wildman–Crippen LogP) is 2.23. The van der Waals surface area contributed by atoms with Crippen molar-refractivity contribution in [3.8, 4) is 5.75 Å². The van der Waals surface area contributed by atoms with Crippen LogP contribution < -0.4 is 21.5 Å². The van der Waals surface area contributed by atoms with Crippen molar-refractivity contribution in [3.05, 3.63) is 40.6 Å². The molecule has 0 saturated carbocycles. The van der Waals surface area contributed by atoms with Gasteiger partial charge >= 0.3 is 0 Å². The lowest BCUT2D eigenvalue weighted by atomic mass is 10.3. The molecule has 0 aliphatic heterocycles. The number of aromatic nitrogens is 3. The fourth-order valence-electron chi connectivity index (χ4n) is 2.76. The maximum Gasteiger partial charge on any atom is 0.188 e. The molecule has 7 N–H and O–H groups in total. The lowest BCUT2D eigenvalue weighted by Crippen LogP contribution is -2.39. The van der Waals surface area contributed by atoms with E-state index in [0.29, 0.717) is 25.6 Å². The Morgan fingerprint density at radius 1 is 1.27 bits per heavy atom. The summed E-state index contributed by atoms with van der Waals surface area (Å²) in [4.78, 5) is 17.8. The highest BCUT2D eigenvalue weighted by molar-refractivity contribution is 9.10. The maximum atomic E-state index is 7.81. The first-order chi connectivity index (χ1) is 16.0. The summed E-state index contributed by atoms with van der Waals surface area (Å²) >= 11 is 6.92. The number of H-pyrrole nitrogens is 1. The Labute approximate surface area is 211 Å². The van der Waals surface area contributed by atoms with Crippen molar-refractivity contribution in [1.29, 1.82) is 5.41 Å². The normalized spacial score (nSPS) is 11.4. The molecule has 2 aromatic rings. The molecule has 0 bridgehead atoms. The molecule has 2 rings (SSSR count). The van der Waals surface area contributed by atoms with Crippen LogP contribution in [0.2, 0.25) is 0 Å². The van der Waals surface area contributed by atoms with Crippen molar-refractivity contribution in [2.45, 2.75) is 17.9 Å². The molecule has 0 aliphatic rings. The second-order valence-corrected chi connectivity index (χ2v) is 9.81. The third-order valence-corrected chi connectivity index (χ3v) is 7.10. The predicted molar refractivity (Wildman–Crippen MR) is 142 cm³/mol. The van der Waals surface area contributed by atoms with E-state index in [1.54, 1.807) is 43.2 Å². The van der Waals surface area contributed by atoms with Crippen molar-refractivity contribution in [2.24, 2.45) is 16.5 Å². The van der Waals surface area contributed by atoms with Gasteiger partial charge in [-0.05, 0) is 34.5 Å². The molecule has 0 atom stereocenters. The van der Waals surface area contributed by atoms with Crippen LogP contribution in [0.25, 0.3) is 0 Å². The molecule has 2 heterocycles. The molecule has 13 heteroatoms. The number of thioether (sulfide) groups is 2. The average molecular weight is 559 g/mol. The molecule has 0 saturated heterocycles. The Morgan fingerprint density at radius 3 is 2.82 bits per heavy atom. The molecule has 182 valence electrons. The van der Waals surface area contributed by atoms with E-state index in [1.807, 2.05) is 17.0 Å². The summed E-state index contributed by atoms with van der Waals surface area (Å²) in [6.45, 7) is 2.67. The monoisotopic (exact) mass is 557 g/mol. The summed E-state index contributed by atoms with van der Waals surface area (Å²) in [6, 6.07) is 3.77. The number of nitrogens with two attached hydrogens (primary N) is 2.